The molecule has 2 heteroatoms. The summed E-state index contributed by atoms with van der Waals surface area (Å²) >= 11 is 0. The lowest BCUT2D eigenvalue weighted by Gasteiger charge is -2.10. The summed E-state index contributed by atoms with van der Waals surface area (Å²) in [5, 5.41) is 3.43. The highest BCUT2D eigenvalue weighted by Gasteiger charge is 1.98. The summed E-state index contributed by atoms with van der Waals surface area (Å²) in [6.07, 6.45) is 1.04. The second kappa shape index (κ2) is 6.83. The second-order valence-electron chi connectivity index (χ2n) is 4.65. The molecule has 19 heavy (non-hydrogen) atoms. The average molecular weight is 255 g/mol. The van der Waals surface area contributed by atoms with Gasteiger partial charge in [-0.15, -0.1) is 0 Å². The van der Waals surface area contributed by atoms with E-state index >= 15 is 0 Å². The summed E-state index contributed by atoms with van der Waals surface area (Å²) in [4.78, 5) is 0. The lowest BCUT2D eigenvalue weighted by Crippen LogP contribution is -2.01. The van der Waals surface area contributed by atoms with Crippen LogP contribution in [0.4, 0.5) is 5.69 Å². The molecule has 0 aliphatic carbocycles. The minimum Gasteiger partial charge on any atom is -0.494 e. The summed E-state index contributed by atoms with van der Waals surface area (Å²) in [6, 6.07) is 16.6. The fourth-order valence-electron chi connectivity index (χ4n) is 1.89. The molecule has 0 saturated carbocycles. The van der Waals surface area contributed by atoms with Crippen molar-refractivity contribution in [1.29, 1.82) is 0 Å². The standard InChI is InChI=1S/C17H21NO/c1-3-12-19-17-10-8-16(9-11-17)18-13-15-7-5-4-6-14(15)2/h4-11,18H,3,12-13H2,1-2H3. The van der Waals surface area contributed by atoms with Gasteiger partial charge in [-0.05, 0) is 48.7 Å². The van der Waals surface area contributed by atoms with Crippen molar-refractivity contribution >= 4 is 5.69 Å². The van der Waals surface area contributed by atoms with Gasteiger partial charge in [0.15, 0.2) is 0 Å². The van der Waals surface area contributed by atoms with Crippen LogP contribution in [0.3, 0.4) is 0 Å². The van der Waals surface area contributed by atoms with E-state index in [1.54, 1.807) is 0 Å². The minimum absolute atomic E-state index is 0.774. The van der Waals surface area contributed by atoms with Crippen molar-refractivity contribution in [2.45, 2.75) is 26.8 Å². The summed E-state index contributed by atoms with van der Waals surface area (Å²) in [7, 11) is 0. The molecular formula is C17H21NO. The zero-order valence-electron chi connectivity index (χ0n) is 11.6. The summed E-state index contributed by atoms with van der Waals surface area (Å²) in [5.74, 6) is 0.934. The molecule has 0 bridgehead atoms. The van der Waals surface area contributed by atoms with Gasteiger partial charge in [-0.2, -0.15) is 0 Å². The molecular weight excluding hydrogens is 234 g/mol. The molecule has 0 atom stereocenters. The smallest absolute Gasteiger partial charge is 0.119 e. The van der Waals surface area contributed by atoms with Gasteiger partial charge in [-0.3, -0.25) is 0 Å². The fraction of sp³-hybridized carbons (Fsp3) is 0.294. The Morgan fingerprint density at radius 2 is 1.74 bits per heavy atom. The van der Waals surface area contributed by atoms with E-state index in [0.717, 1.165) is 31.0 Å². The Hall–Kier alpha value is -1.96. The van der Waals surface area contributed by atoms with E-state index in [2.05, 4.69) is 55.6 Å². The topological polar surface area (TPSA) is 21.3 Å². The van der Waals surface area contributed by atoms with Crippen LogP contribution in [0.5, 0.6) is 5.75 Å². The number of benzene rings is 2. The molecule has 2 rings (SSSR count). The van der Waals surface area contributed by atoms with Crippen molar-refractivity contribution < 1.29 is 4.74 Å². The summed E-state index contributed by atoms with van der Waals surface area (Å²) in [5.41, 5.74) is 3.76. The Morgan fingerprint density at radius 1 is 1.00 bits per heavy atom. The van der Waals surface area contributed by atoms with Gasteiger partial charge in [0.1, 0.15) is 5.75 Å². The summed E-state index contributed by atoms with van der Waals surface area (Å²) < 4.78 is 5.56. The molecule has 0 saturated heterocycles. The van der Waals surface area contributed by atoms with Gasteiger partial charge in [-0.25, -0.2) is 0 Å². The van der Waals surface area contributed by atoms with Gasteiger partial charge in [0.25, 0.3) is 0 Å². The number of hydrogen-bond donors (Lipinski definition) is 1. The van der Waals surface area contributed by atoms with E-state index in [1.165, 1.54) is 11.1 Å². The van der Waals surface area contributed by atoms with Crippen molar-refractivity contribution in [2.24, 2.45) is 0 Å². The Bertz CT molecular complexity index is 505. The molecule has 2 aromatic carbocycles. The van der Waals surface area contributed by atoms with Crippen LogP contribution in [0, 0.1) is 6.92 Å². The Kier molecular flexibility index (Phi) is 4.85. The van der Waals surface area contributed by atoms with Crippen LogP contribution in [-0.2, 0) is 6.54 Å². The highest BCUT2D eigenvalue weighted by Crippen LogP contribution is 2.17. The number of aryl methyl sites for hydroxylation is 1. The normalized spacial score (nSPS) is 10.2. The molecule has 0 radical (unpaired) electrons. The van der Waals surface area contributed by atoms with Gasteiger partial charge in [0.2, 0.25) is 0 Å². The van der Waals surface area contributed by atoms with Crippen molar-refractivity contribution in [3.63, 3.8) is 0 Å². The van der Waals surface area contributed by atoms with Gasteiger partial charge in [0, 0.05) is 12.2 Å². The predicted octanol–water partition coefficient (Wildman–Crippen LogP) is 4.40. The number of nitrogens with one attached hydrogen (secondary N) is 1. The first-order valence-corrected chi connectivity index (χ1v) is 6.81. The van der Waals surface area contributed by atoms with Crippen LogP contribution in [0.25, 0.3) is 0 Å². The third kappa shape index (κ3) is 4.02. The monoisotopic (exact) mass is 255 g/mol. The van der Waals surface area contributed by atoms with E-state index in [4.69, 9.17) is 4.74 Å². The van der Waals surface area contributed by atoms with E-state index in [1.807, 2.05) is 12.1 Å². The first-order valence-electron chi connectivity index (χ1n) is 6.81. The molecule has 0 heterocycles. The van der Waals surface area contributed by atoms with Crippen LogP contribution in [0.15, 0.2) is 48.5 Å². The maximum atomic E-state index is 5.56. The third-order valence-electron chi connectivity index (χ3n) is 3.07. The van der Waals surface area contributed by atoms with Crippen molar-refractivity contribution in [2.75, 3.05) is 11.9 Å². The molecule has 0 aromatic heterocycles. The van der Waals surface area contributed by atoms with E-state index in [-0.39, 0.29) is 0 Å². The molecule has 0 amide bonds. The molecule has 0 fully saturated rings. The minimum atomic E-state index is 0.774. The molecule has 0 spiro atoms. The Balaban J connectivity index is 1.91. The number of rotatable bonds is 6. The zero-order valence-corrected chi connectivity index (χ0v) is 11.6. The van der Waals surface area contributed by atoms with Gasteiger partial charge in [0.05, 0.1) is 6.61 Å². The first kappa shape index (κ1) is 13.5. The van der Waals surface area contributed by atoms with Crippen LogP contribution in [-0.4, -0.2) is 6.61 Å². The second-order valence-corrected chi connectivity index (χ2v) is 4.65. The highest BCUT2D eigenvalue weighted by molar-refractivity contribution is 5.47. The molecule has 0 aliphatic heterocycles. The Labute approximate surface area is 115 Å². The predicted molar refractivity (Wildman–Crippen MR) is 80.7 cm³/mol. The molecule has 100 valence electrons. The Morgan fingerprint density at radius 3 is 2.42 bits per heavy atom. The highest BCUT2D eigenvalue weighted by atomic mass is 16.5. The van der Waals surface area contributed by atoms with E-state index in [0.29, 0.717) is 0 Å². The van der Waals surface area contributed by atoms with Gasteiger partial charge < -0.3 is 10.1 Å². The zero-order chi connectivity index (χ0) is 13.5. The van der Waals surface area contributed by atoms with Crippen LogP contribution < -0.4 is 10.1 Å². The third-order valence-corrected chi connectivity index (χ3v) is 3.07. The van der Waals surface area contributed by atoms with Gasteiger partial charge in [-0.1, -0.05) is 31.2 Å². The van der Waals surface area contributed by atoms with E-state index in [9.17, 15) is 0 Å². The fourth-order valence-corrected chi connectivity index (χ4v) is 1.89. The molecule has 0 unspecified atom stereocenters. The number of hydrogen-bond acceptors (Lipinski definition) is 2. The number of ether oxygens (including phenoxy) is 1. The van der Waals surface area contributed by atoms with Crippen molar-refractivity contribution in [3.05, 3.63) is 59.7 Å². The number of anilines is 1. The summed E-state index contributed by atoms with van der Waals surface area (Å²) in [6.45, 7) is 5.87. The maximum absolute atomic E-state index is 5.56. The van der Waals surface area contributed by atoms with E-state index < -0.39 is 0 Å². The quantitative estimate of drug-likeness (QED) is 0.826. The van der Waals surface area contributed by atoms with Crippen molar-refractivity contribution in [1.82, 2.24) is 0 Å². The van der Waals surface area contributed by atoms with Crippen LogP contribution in [0.1, 0.15) is 24.5 Å². The molecule has 2 aromatic rings. The largest absolute Gasteiger partial charge is 0.494 e. The molecule has 2 nitrogen and oxygen atoms in total. The average Bonchev–Trinajstić information content (AvgIpc) is 2.45. The molecule has 1 N–H and O–H groups in total. The van der Waals surface area contributed by atoms with Crippen LogP contribution in [0.2, 0.25) is 0 Å². The first-order chi connectivity index (χ1) is 9.29. The van der Waals surface area contributed by atoms with Crippen molar-refractivity contribution in [3.8, 4) is 5.75 Å². The van der Waals surface area contributed by atoms with Gasteiger partial charge >= 0.3 is 0 Å². The maximum Gasteiger partial charge on any atom is 0.119 e. The SMILES string of the molecule is CCCOc1ccc(NCc2ccccc2C)cc1. The lowest BCUT2D eigenvalue weighted by atomic mass is 10.1. The van der Waals surface area contributed by atoms with Crippen LogP contribution >= 0.6 is 0 Å². The molecule has 0 aliphatic rings. The lowest BCUT2D eigenvalue weighted by molar-refractivity contribution is 0.317.